The molecule has 9 heteroatoms. The zero-order chi connectivity index (χ0) is 32.8. The van der Waals surface area contributed by atoms with E-state index in [4.69, 9.17) is 28.4 Å². The van der Waals surface area contributed by atoms with Gasteiger partial charge in [0.15, 0.2) is 34.5 Å². The van der Waals surface area contributed by atoms with E-state index in [0.717, 1.165) is 59.3 Å². The summed E-state index contributed by atoms with van der Waals surface area (Å²) in [7, 11) is 11.1. The maximum Gasteiger partial charge on any atom is 0.205 e. The number of ether oxygens (including phenoxy) is 6. The predicted octanol–water partition coefficient (Wildman–Crippen LogP) is 7.92. The summed E-state index contributed by atoms with van der Waals surface area (Å²) < 4.78 is 38.2. The van der Waals surface area contributed by atoms with Crippen molar-refractivity contribution in [2.45, 2.75) is 37.8 Å². The van der Waals surface area contributed by atoms with Gasteiger partial charge in [0, 0.05) is 30.7 Å². The maximum atomic E-state index is 7.06. The average Bonchev–Trinajstić information content (AvgIpc) is 3.08. The van der Waals surface area contributed by atoms with E-state index in [0.29, 0.717) is 46.7 Å². The van der Waals surface area contributed by atoms with Crippen molar-refractivity contribution >= 4 is 15.9 Å². The van der Waals surface area contributed by atoms with Gasteiger partial charge in [-0.2, -0.15) is 0 Å². The largest absolute Gasteiger partial charge is 0.493 e. The highest BCUT2D eigenvalue weighted by Gasteiger charge is 2.36. The van der Waals surface area contributed by atoms with Crippen LogP contribution in [-0.4, -0.2) is 65.4 Å². The molecule has 246 valence electrons. The summed E-state index contributed by atoms with van der Waals surface area (Å²) in [6, 6.07) is 19.0. The van der Waals surface area contributed by atoms with Crippen molar-refractivity contribution in [2.75, 3.05) is 55.6 Å². The van der Waals surface area contributed by atoms with Gasteiger partial charge in [0.1, 0.15) is 5.75 Å². The number of benzene rings is 4. The SMILES string of the molecule is COc1ccc2cc1Oc1ccc(cc1)C[C@H]1c3cc(c(OC)cc3CCN1C)Oc1c(OC)c(OC)c(Br)c3c1[C@H](C2)N(C)CC3. The molecular weight excluding hydrogens is 660 g/mol. The second kappa shape index (κ2) is 12.9. The predicted molar refractivity (Wildman–Crippen MR) is 185 cm³/mol. The zero-order valence-corrected chi connectivity index (χ0v) is 29.4. The topological polar surface area (TPSA) is 61.9 Å². The molecule has 2 atom stereocenters. The second-order valence-electron chi connectivity index (χ2n) is 12.5. The van der Waals surface area contributed by atoms with Crippen LogP contribution in [0.15, 0.2) is 59.1 Å². The van der Waals surface area contributed by atoms with Crippen molar-refractivity contribution < 1.29 is 28.4 Å². The minimum absolute atomic E-state index is 0.0354. The molecule has 4 aliphatic rings. The standard InChI is InChI=1S/C38H41BrN2O6/c1-40-15-13-24-20-31(43-4)33-21-27(24)28(40)17-22-7-10-25(11-8-22)46-32-19-23(9-12-30(32)42-3)18-29-34-26(14-16-41(29)2)35(39)37(44-5)38(45-6)36(34)47-33/h7-12,19-21,28-29H,13-18H2,1-6H3/t28-,29-/m0/s1. The van der Waals surface area contributed by atoms with Crippen LogP contribution in [0, 0.1) is 0 Å². The fourth-order valence-electron chi connectivity index (χ4n) is 7.35. The van der Waals surface area contributed by atoms with Gasteiger partial charge < -0.3 is 28.4 Å². The Bertz CT molecular complexity index is 1810. The first-order chi connectivity index (χ1) is 22.8. The molecule has 8 nitrogen and oxygen atoms in total. The first kappa shape index (κ1) is 31.7. The molecule has 0 N–H and O–H groups in total. The van der Waals surface area contributed by atoms with E-state index in [1.165, 1.54) is 16.7 Å². The minimum atomic E-state index is -0.0354. The minimum Gasteiger partial charge on any atom is -0.493 e. The first-order valence-corrected chi connectivity index (χ1v) is 16.8. The summed E-state index contributed by atoms with van der Waals surface area (Å²) in [4.78, 5) is 4.80. The van der Waals surface area contributed by atoms with Crippen molar-refractivity contribution in [1.82, 2.24) is 9.80 Å². The summed E-state index contributed by atoms with van der Waals surface area (Å²) >= 11 is 3.89. The number of likely N-dealkylation sites (N-methyl/N-ethyl adjacent to an activating group) is 2. The van der Waals surface area contributed by atoms with Crippen LogP contribution in [-0.2, 0) is 25.7 Å². The lowest BCUT2D eigenvalue weighted by Gasteiger charge is -2.38. The third-order valence-electron chi connectivity index (χ3n) is 9.93. The Balaban J connectivity index is 1.49. The molecule has 4 heterocycles. The maximum absolute atomic E-state index is 7.06. The molecule has 4 aromatic carbocycles. The molecule has 4 aliphatic heterocycles. The lowest BCUT2D eigenvalue weighted by atomic mass is 9.87. The number of halogens is 1. The molecule has 0 fully saturated rings. The molecular formula is C38H41BrN2O6. The van der Waals surface area contributed by atoms with E-state index >= 15 is 0 Å². The fraction of sp³-hybridized carbons (Fsp3) is 0.368. The number of methoxy groups -OCH3 is 4. The van der Waals surface area contributed by atoms with Crippen molar-refractivity contribution in [3.05, 3.63) is 92.5 Å². The molecule has 0 spiro atoms. The van der Waals surface area contributed by atoms with Crippen molar-refractivity contribution in [3.63, 3.8) is 0 Å². The number of nitrogens with zero attached hydrogens (tertiary/aromatic N) is 2. The summed E-state index contributed by atoms with van der Waals surface area (Å²) in [6.45, 7) is 1.82. The molecule has 4 aromatic rings. The molecule has 0 unspecified atom stereocenters. The van der Waals surface area contributed by atoms with Gasteiger partial charge in [-0.25, -0.2) is 0 Å². The summed E-state index contributed by atoms with van der Waals surface area (Å²) in [5.41, 5.74) is 7.05. The number of hydrogen-bond donors (Lipinski definition) is 0. The van der Waals surface area contributed by atoms with Gasteiger partial charge in [-0.05, 0) is 120 Å². The van der Waals surface area contributed by atoms with Gasteiger partial charge in [-0.3, -0.25) is 9.80 Å². The van der Waals surface area contributed by atoms with E-state index in [2.05, 4.69) is 76.2 Å². The quantitative estimate of drug-likeness (QED) is 0.213. The Morgan fingerprint density at radius 2 is 1.34 bits per heavy atom. The number of hydrogen-bond acceptors (Lipinski definition) is 8. The van der Waals surface area contributed by atoms with Crippen molar-refractivity contribution in [1.29, 1.82) is 0 Å². The van der Waals surface area contributed by atoms with E-state index < -0.39 is 0 Å². The highest BCUT2D eigenvalue weighted by atomic mass is 79.9. The zero-order valence-electron chi connectivity index (χ0n) is 27.8. The Hall–Kier alpha value is -3.92. The molecule has 8 rings (SSSR count). The number of rotatable bonds is 4. The highest BCUT2D eigenvalue weighted by Crippen LogP contribution is 2.55. The van der Waals surface area contributed by atoms with Crippen LogP contribution in [0.5, 0.6) is 46.0 Å². The second-order valence-corrected chi connectivity index (χ2v) is 13.3. The summed E-state index contributed by atoms with van der Waals surface area (Å²) in [5.74, 6) is 5.28. The lowest BCUT2D eigenvalue weighted by Crippen LogP contribution is -2.34. The van der Waals surface area contributed by atoms with Gasteiger partial charge in [-0.1, -0.05) is 18.2 Å². The molecule has 0 aliphatic carbocycles. The Morgan fingerprint density at radius 1 is 0.681 bits per heavy atom. The normalized spacial score (nSPS) is 19.0. The Kier molecular flexibility index (Phi) is 8.72. The smallest absolute Gasteiger partial charge is 0.205 e. The fourth-order valence-corrected chi connectivity index (χ4v) is 8.10. The third-order valence-corrected chi connectivity index (χ3v) is 10.8. The van der Waals surface area contributed by atoms with Crippen LogP contribution in [0.25, 0.3) is 0 Å². The monoisotopic (exact) mass is 700 g/mol. The molecule has 0 saturated heterocycles. The van der Waals surface area contributed by atoms with Crippen LogP contribution in [0.1, 0.15) is 45.5 Å². The first-order valence-electron chi connectivity index (χ1n) is 16.0. The van der Waals surface area contributed by atoms with Gasteiger partial charge in [0.25, 0.3) is 0 Å². The van der Waals surface area contributed by atoms with Gasteiger partial charge in [0.2, 0.25) is 5.75 Å². The Labute approximate surface area is 285 Å². The average molecular weight is 702 g/mol. The molecule has 0 saturated carbocycles. The van der Waals surface area contributed by atoms with E-state index in [9.17, 15) is 0 Å². The molecule has 0 amide bonds. The van der Waals surface area contributed by atoms with Crippen LogP contribution in [0.3, 0.4) is 0 Å². The molecule has 0 radical (unpaired) electrons. The summed E-state index contributed by atoms with van der Waals surface area (Å²) in [5, 5.41) is 0. The van der Waals surface area contributed by atoms with Crippen LogP contribution < -0.4 is 28.4 Å². The van der Waals surface area contributed by atoms with Crippen LogP contribution in [0.2, 0.25) is 0 Å². The molecule has 6 bridgehead atoms. The van der Waals surface area contributed by atoms with Crippen molar-refractivity contribution in [3.8, 4) is 46.0 Å². The van der Waals surface area contributed by atoms with E-state index in [-0.39, 0.29) is 12.1 Å². The van der Waals surface area contributed by atoms with Crippen LogP contribution >= 0.6 is 15.9 Å². The molecule has 47 heavy (non-hydrogen) atoms. The third kappa shape index (κ3) is 5.68. The van der Waals surface area contributed by atoms with E-state index in [1.807, 2.05) is 18.2 Å². The van der Waals surface area contributed by atoms with Crippen LogP contribution in [0.4, 0.5) is 0 Å². The van der Waals surface area contributed by atoms with Gasteiger partial charge in [-0.15, -0.1) is 0 Å². The Morgan fingerprint density at radius 3 is 2.06 bits per heavy atom. The van der Waals surface area contributed by atoms with Crippen molar-refractivity contribution in [2.24, 2.45) is 0 Å². The van der Waals surface area contributed by atoms with Gasteiger partial charge >= 0.3 is 0 Å². The highest BCUT2D eigenvalue weighted by molar-refractivity contribution is 9.10. The van der Waals surface area contributed by atoms with E-state index in [1.54, 1.807) is 28.4 Å². The summed E-state index contributed by atoms with van der Waals surface area (Å²) in [6.07, 6.45) is 3.30. The van der Waals surface area contributed by atoms with Gasteiger partial charge in [0.05, 0.1) is 32.9 Å². The molecule has 0 aromatic heterocycles. The lowest BCUT2D eigenvalue weighted by molar-refractivity contribution is 0.219. The number of fused-ring (bicyclic) bond motifs is 2.